The first kappa shape index (κ1) is 11.4. The number of likely N-dealkylation sites (N-methyl/N-ethyl adjacent to an activating group) is 1. The zero-order chi connectivity index (χ0) is 11.7. The molecular formula is C11H14ClN3O. The Labute approximate surface area is 98.9 Å². The molecule has 0 aromatic carbocycles. The number of imidazole rings is 1. The van der Waals surface area contributed by atoms with Crippen LogP contribution in [0.15, 0.2) is 18.3 Å². The van der Waals surface area contributed by atoms with E-state index in [4.69, 9.17) is 11.6 Å². The monoisotopic (exact) mass is 239 g/mol. The summed E-state index contributed by atoms with van der Waals surface area (Å²) in [4.78, 5) is 4.37. The smallest absolute Gasteiger partial charge is 0.141 e. The summed E-state index contributed by atoms with van der Waals surface area (Å²) in [5.41, 5.74) is 2.34. The van der Waals surface area contributed by atoms with Crippen LogP contribution in [0.4, 0.5) is 0 Å². The molecular weight excluding hydrogens is 226 g/mol. The Bertz CT molecular complexity index is 509. The zero-order valence-electron chi connectivity index (χ0n) is 9.24. The predicted molar refractivity (Wildman–Crippen MR) is 63.8 cm³/mol. The number of hydrogen-bond acceptors (Lipinski definition) is 3. The van der Waals surface area contributed by atoms with Crippen molar-refractivity contribution in [2.24, 2.45) is 0 Å². The van der Waals surface area contributed by atoms with Crippen molar-refractivity contribution >= 4 is 17.2 Å². The first-order valence-electron chi connectivity index (χ1n) is 5.11. The lowest BCUT2D eigenvalue weighted by molar-refractivity contribution is 0.174. The maximum absolute atomic E-state index is 9.87. The Balaban J connectivity index is 2.55. The number of pyridine rings is 1. The van der Waals surface area contributed by atoms with Gasteiger partial charge < -0.3 is 10.4 Å². The molecule has 1 unspecified atom stereocenters. The molecule has 2 heterocycles. The van der Waals surface area contributed by atoms with Gasteiger partial charge in [0.05, 0.1) is 0 Å². The summed E-state index contributed by atoms with van der Waals surface area (Å²) >= 11 is 6.17. The number of aryl methyl sites for hydroxylation is 1. The standard InChI is InChI=1S/C11H14ClN3O/c1-7-4-3-5-15-10(12)9(14-11(7)15)8(16)6-13-2/h3-5,8,13,16H,6H2,1-2H3. The van der Waals surface area contributed by atoms with Crippen LogP contribution in [0.3, 0.4) is 0 Å². The van der Waals surface area contributed by atoms with Gasteiger partial charge in [-0.3, -0.25) is 4.40 Å². The number of aromatic nitrogens is 2. The molecule has 2 rings (SSSR count). The molecule has 0 bridgehead atoms. The van der Waals surface area contributed by atoms with Gasteiger partial charge in [0.1, 0.15) is 22.6 Å². The van der Waals surface area contributed by atoms with Gasteiger partial charge >= 0.3 is 0 Å². The van der Waals surface area contributed by atoms with Crippen molar-refractivity contribution < 1.29 is 5.11 Å². The summed E-state index contributed by atoms with van der Waals surface area (Å²) in [5.74, 6) is 0. The van der Waals surface area contributed by atoms with Gasteiger partial charge in [-0.1, -0.05) is 17.7 Å². The van der Waals surface area contributed by atoms with Crippen LogP contribution in [0.1, 0.15) is 17.4 Å². The highest BCUT2D eigenvalue weighted by molar-refractivity contribution is 6.30. The Kier molecular flexibility index (Phi) is 3.14. The van der Waals surface area contributed by atoms with E-state index in [1.807, 2.05) is 25.3 Å². The largest absolute Gasteiger partial charge is 0.385 e. The van der Waals surface area contributed by atoms with E-state index in [9.17, 15) is 5.11 Å². The van der Waals surface area contributed by atoms with Crippen LogP contribution < -0.4 is 5.32 Å². The molecule has 0 aliphatic rings. The van der Waals surface area contributed by atoms with E-state index in [-0.39, 0.29) is 0 Å². The van der Waals surface area contributed by atoms with E-state index in [0.717, 1.165) is 11.2 Å². The average molecular weight is 240 g/mol. The molecule has 0 fully saturated rings. The molecule has 1 atom stereocenters. The molecule has 0 radical (unpaired) electrons. The van der Waals surface area contributed by atoms with Gasteiger partial charge in [-0.15, -0.1) is 0 Å². The number of aliphatic hydroxyl groups is 1. The van der Waals surface area contributed by atoms with Gasteiger partial charge in [-0.2, -0.15) is 0 Å². The molecule has 2 aromatic rings. The summed E-state index contributed by atoms with van der Waals surface area (Å²) in [7, 11) is 1.78. The Hall–Kier alpha value is -1.10. The van der Waals surface area contributed by atoms with E-state index in [1.165, 1.54) is 0 Å². The lowest BCUT2D eigenvalue weighted by Gasteiger charge is -2.06. The second kappa shape index (κ2) is 4.41. The molecule has 0 aliphatic carbocycles. The third-order valence-electron chi connectivity index (χ3n) is 2.52. The van der Waals surface area contributed by atoms with Gasteiger partial charge in [-0.05, 0) is 25.6 Å². The van der Waals surface area contributed by atoms with Gasteiger partial charge in [0.25, 0.3) is 0 Å². The second-order valence-corrected chi connectivity index (χ2v) is 4.10. The van der Waals surface area contributed by atoms with Crippen molar-refractivity contribution in [2.45, 2.75) is 13.0 Å². The maximum Gasteiger partial charge on any atom is 0.141 e. The fourth-order valence-corrected chi connectivity index (χ4v) is 2.00. The van der Waals surface area contributed by atoms with Crippen LogP contribution in [0.25, 0.3) is 5.65 Å². The van der Waals surface area contributed by atoms with Crippen molar-refractivity contribution in [3.63, 3.8) is 0 Å². The summed E-state index contributed by atoms with van der Waals surface area (Å²) in [6.07, 6.45) is 1.16. The number of fused-ring (bicyclic) bond motifs is 1. The topological polar surface area (TPSA) is 49.6 Å². The molecule has 0 spiro atoms. The summed E-state index contributed by atoms with van der Waals surface area (Å²) < 4.78 is 1.78. The lowest BCUT2D eigenvalue weighted by Crippen LogP contribution is -2.17. The molecule has 0 saturated heterocycles. The van der Waals surface area contributed by atoms with E-state index in [0.29, 0.717) is 17.4 Å². The number of nitrogens with zero attached hydrogens (tertiary/aromatic N) is 2. The lowest BCUT2D eigenvalue weighted by atomic mass is 10.3. The molecule has 2 N–H and O–H groups in total. The van der Waals surface area contributed by atoms with Crippen molar-refractivity contribution in [2.75, 3.05) is 13.6 Å². The van der Waals surface area contributed by atoms with Gasteiger partial charge in [-0.25, -0.2) is 4.98 Å². The summed E-state index contributed by atoms with van der Waals surface area (Å²) in [6.45, 7) is 2.40. The van der Waals surface area contributed by atoms with Gasteiger partial charge in [0.15, 0.2) is 0 Å². The molecule has 4 nitrogen and oxygen atoms in total. The highest BCUT2D eigenvalue weighted by Gasteiger charge is 2.17. The van der Waals surface area contributed by atoms with E-state index >= 15 is 0 Å². The molecule has 5 heteroatoms. The van der Waals surface area contributed by atoms with Crippen LogP contribution in [0, 0.1) is 6.92 Å². The molecule has 0 aliphatic heterocycles. The van der Waals surface area contributed by atoms with Crippen molar-refractivity contribution in [1.82, 2.24) is 14.7 Å². The van der Waals surface area contributed by atoms with Crippen LogP contribution in [-0.4, -0.2) is 28.1 Å². The SMILES string of the molecule is CNCC(O)c1nc2c(C)cccn2c1Cl. The second-order valence-electron chi connectivity index (χ2n) is 3.75. The van der Waals surface area contributed by atoms with Crippen LogP contribution in [0.5, 0.6) is 0 Å². The zero-order valence-corrected chi connectivity index (χ0v) is 9.99. The highest BCUT2D eigenvalue weighted by atomic mass is 35.5. The molecule has 2 aromatic heterocycles. The van der Waals surface area contributed by atoms with Gasteiger partial charge in [0.2, 0.25) is 0 Å². The number of rotatable bonds is 3. The minimum atomic E-state index is -0.684. The first-order valence-corrected chi connectivity index (χ1v) is 5.48. The molecule has 0 amide bonds. The van der Waals surface area contributed by atoms with Crippen molar-refractivity contribution in [1.29, 1.82) is 0 Å². The predicted octanol–water partition coefficient (Wildman–Crippen LogP) is 1.55. The van der Waals surface area contributed by atoms with Crippen LogP contribution in [0.2, 0.25) is 5.15 Å². The molecule has 16 heavy (non-hydrogen) atoms. The number of halogens is 1. The Morgan fingerprint density at radius 1 is 1.62 bits per heavy atom. The minimum absolute atomic E-state index is 0.433. The number of hydrogen-bond donors (Lipinski definition) is 2. The molecule has 0 saturated carbocycles. The minimum Gasteiger partial charge on any atom is -0.385 e. The Morgan fingerprint density at radius 3 is 3.00 bits per heavy atom. The fourth-order valence-electron chi connectivity index (χ4n) is 1.69. The normalized spacial score (nSPS) is 13.2. The molecule has 86 valence electrons. The third-order valence-corrected chi connectivity index (χ3v) is 2.90. The van der Waals surface area contributed by atoms with Crippen LogP contribution >= 0.6 is 11.6 Å². The van der Waals surface area contributed by atoms with E-state index in [1.54, 1.807) is 11.4 Å². The number of aliphatic hydroxyl groups excluding tert-OH is 1. The quantitative estimate of drug-likeness (QED) is 0.855. The van der Waals surface area contributed by atoms with E-state index in [2.05, 4.69) is 10.3 Å². The fraction of sp³-hybridized carbons (Fsp3) is 0.364. The van der Waals surface area contributed by atoms with Gasteiger partial charge in [0, 0.05) is 12.7 Å². The summed E-state index contributed by atoms with van der Waals surface area (Å²) in [6, 6.07) is 3.87. The number of nitrogens with one attached hydrogen (secondary N) is 1. The van der Waals surface area contributed by atoms with E-state index < -0.39 is 6.10 Å². The Morgan fingerprint density at radius 2 is 2.38 bits per heavy atom. The maximum atomic E-state index is 9.87. The van der Waals surface area contributed by atoms with Crippen molar-refractivity contribution in [3.8, 4) is 0 Å². The summed E-state index contributed by atoms with van der Waals surface area (Å²) in [5, 5.41) is 13.2. The van der Waals surface area contributed by atoms with Crippen molar-refractivity contribution in [3.05, 3.63) is 34.7 Å². The first-order chi connectivity index (χ1) is 7.65. The third kappa shape index (κ3) is 1.80. The van der Waals surface area contributed by atoms with Crippen LogP contribution in [-0.2, 0) is 0 Å². The average Bonchev–Trinajstić information content (AvgIpc) is 2.59. The highest BCUT2D eigenvalue weighted by Crippen LogP contribution is 2.24.